The second-order valence-electron chi connectivity index (χ2n) is 7.57. The molecule has 0 aromatic rings. The average Bonchev–Trinajstić information content (AvgIpc) is 2.96. The van der Waals surface area contributed by atoms with Crippen molar-refractivity contribution < 1.29 is 14.3 Å². The molecule has 146 valence electrons. The zero-order chi connectivity index (χ0) is 18.5. The molecule has 4 heteroatoms. The Balaban J connectivity index is 2.18. The van der Waals surface area contributed by atoms with Crippen LogP contribution >= 0.6 is 11.6 Å². The van der Waals surface area contributed by atoms with E-state index in [9.17, 15) is 9.59 Å². The van der Waals surface area contributed by atoms with Gasteiger partial charge in [-0.05, 0) is 44.4 Å². The first-order valence-corrected chi connectivity index (χ1v) is 10.8. The van der Waals surface area contributed by atoms with Gasteiger partial charge in [-0.1, -0.05) is 45.4 Å². The second-order valence-corrected chi connectivity index (χ2v) is 8.19. The number of rotatable bonds is 14. The molecule has 0 heterocycles. The molecule has 0 N–H and O–H groups in total. The number of ether oxygens (including phenoxy) is 1. The predicted molar refractivity (Wildman–Crippen MR) is 104 cm³/mol. The molecule has 3 atom stereocenters. The molecule has 1 aliphatic carbocycles. The van der Waals surface area contributed by atoms with Crippen molar-refractivity contribution in [2.45, 2.75) is 102 Å². The molecule has 0 amide bonds. The van der Waals surface area contributed by atoms with Crippen LogP contribution in [0.3, 0.4) is 0 Å². The topological polar surface area (TPSA) is 43.4 Å². The fourth-order valence-corrected chi connectivity index (χ4v) is 4.24. The Hall–Kier alpha value is -0.570. The van der Waals surface area contributed by atoms with E-state index in [1.54, 1.807) is 0 Å². The monoisotopic (exact) mass is 372 g/mol. The van der Waals surface area contributed by atoms with Crippen molar-refractivity contribution in [2.75, 3.05) is 7.11 Å². The largest absolute Gasteiger partial charge is 0.469 e. The lowest BCUT2D eigenvalue weighted by Gasteiger charge is -2.19. The number of unbranched alkanes of at least 4 members (excludes halogenated alkanes) is 5. The number of esters is 1. The van der Waals surface area contributed by atoms with Gasteiger partial charge in [-0.25, -0.2) is 0 Å². The highest BCUT2D eigenvalue weighted by molar-refractivity contribution is 6.20. The summed E-state index contributed by atoms with van der Waals surface area (Å²) >= 11 is 6.46. The number of Topliss-reactive ketones (excluding diaryl/α,β-unsaturated/α-hetero) is 1. The zero-order valence-corrected chi connectivity index (χ0v) is 17.0. The first kappa shape index (κ1) is 22.5. The van der Waals surface area contributed by atoms with Gasteiger partial charge < -0.3 is 4.74 Å². The van der Waals surface area contributed by atoms with Gasteiger partial charge in [-0.15, -0.1) is 11.6 Å². The van der Waals surface area contributed by atoms with Crippen LogP contribution in [-0.4, -0.2) is 24.2 Å². The lowest BCUT2D eigenvalue weighted by molar-refractivity contribution is -0.140. The summed E-state index contributed by atoms with van der Waals surface area (Å²) in [4.78, 5) is 23.3. The highest BCUT2D eigenvalue weighted by Gasteiger charge is 2.33. The molecule has 25 heavy (non-hydrogen) atoms. The lowest BCUT2D eigenvalue weighted by atomic mass is 9.86. The molecule has 1 aliphatic rings. The van der Waals surface area contributed by atoms with Gasteiger partial charge in [-0.3, -0.25) is 9.59 Å². The number of methoxy groups -OCH3 is 1. The molecule has 1 fully saturated rings. The van der Waals surface area contributed by atoms with Crippen LogP contribution in [0.15, 0.2) is 0 Å². The maximum absolute atomic E-state index is 12.2. The Morgan fingerprint density at radius 2 is 1.88 bits per heavy atom. The van der Waals surface area contributed by atoms with Crippen LogP contribution in [0.2, 0.25) is 0 Å². The minimum atomic E-state index is -0.124. The molecule has 1 rings (SSSR count). The normalized spacial score (nSPS) is 21.5. The third kappa shape index (κ3) is 9.63. The van der Waals surface area contributed by atoms with E-state index in [1.165, 1.54) is 26.4 Å². The summed E-state index contributed by atoms with van der Waals surface area (Å²) in [6, 6.07) is 0. The standard InChI is InChI=1S/C21H37ClO3/c1-3-4-7-10-18(22)15-13-17-14-16-20(23)19(17)11-8-5-6-9-12-21(24)25-2/h17-19H,3-16H2,1-2H3/t17-,18?,19+/m0/s1. The number of alkyl halides is 1. The van der Waals surface area contributed by atoms with E-state index in [1.807, 2.05) is 0 Å². The maximum Gasteiger partial charge on any atom is 0.305 e. The Labute approximate surface area is 159 Å². The number of hydrogen-bond donors (Lipinski definition) is 0. The van der Waals surface area contributed by atoms with Crippen LogP contribution in [0.25, 0.3) is 0 Å². The summed E-state index contributed by atoms with van der Waals surface area (Å²) in [5.41, 5.74) is 0. The van der Waals surface area contributed by atoms with Crippen LogP contribution < -0.4 is 0 Å². The van der Waals surface area contributed by atoms with Crippen molar-refractivity contribution >= 4 is 23.4 Å². The van der Waals surface area contributed by atoms with Crippen molar-refractivity contribution in [3.05, 3.63) is 0 Å². The summed E-state index contributed by atoms with van der Waals surface area (Å²) in [5, 5.41) is 0.279. The van der Waals surface area contributed by atoms with Crippen LogP contribution in [0, 0.1) is 11.8 Å². The first-order valence-electron chi connectivity index (χ1n) is 10.3. The Morgan fingerprint density at radius 1 is 1.12 bits per heavy atom. The van der Waals surface area contributed by atoms with Gasteiger partial charge in [0.2, 0.25) is 0 Å². The van der Waals surface area contributed by atoms with Crippen molar-refractivity contribution in [1.29, 1.82) is 0 Å². The molecule has 0 bridgehead atoms. The van der Waals surface area contributed by atoms with Gasteiger partial charge >= 0.3 is 5.97 Å². The van der Waals surface area contributed by atoms with Crippen LogP contribution in [0.5, 0.6) is 0 Å². The second kappa shape index (κ2) is 13.6. The molecule has 0 radical (unpaired) electrons. The maximum atomic E-state index is 12.2. The minimum Gasteiger partial charge on any atom is -0.469 e. The van der Waals surface area contributed by atoms with E-state index in [0.29, 0.717) is 18.1 Å². The van der Waals surface area contributed by atoms with E-state index in [2.05, 4.69) is 11.7 Å². The minimum absolute atomic E-state index is 0.124. The van der Waals surface area contributed by atoms with Crippen molar-refractivity contribution in [3.8, 4) is 0 Å². The number of hydrogen-bond acceptors (Lipinski definition) is 3. The summed E-state index contributed by atoms with van der Waals surface area (Å²) in [7, 11) is 1.43. The molecular weight excluding hydrogens is 336 g/mol. The molecule has 0 aromatic carbocycles. The summed E-state index contributed by atoms with van der Waals surface area (Å²) in [5.74, 6) is 1.16. The molecular formula is C21H37ClO3. The fourth-order valence-electron chi connectivity index (χ4n) is 3.96. The number of carbonyl (C=O) groups excluding carboxylic acids is 2. The van der Waals surface area contributed by atoms with Crippen LogP contribution in [0.1, 0.15) is 96.8 Å². The highest BCUT2D eigenvalue weighted by atomic mass is 35.5. The van der Waals surface area contributed by atoms with E-state index in [0.717, 1.165) is 64.2 Å². The molecule has 0 aromatic heterocycles. The Morgan fingerprint density at radius 3 is 2.60 bits per heavy atom. The van der Waals surface area contributed by atoms with E-state index >= 15 is 0 Å². The zero-order valence-electron chi connectivity index (χ0n) is 16.2. The number of ketones is 1. The molecule has 0 saturated heterocycles. The highest BCUT2D eigenvalue weighted by Crippen LogP contribution is 2.36. The molecule has 0 spiro atoms. The molecule has 1 unspecified atom stereocenters. The Bertz CT molecular complexity index is 383. The third-order valence-electron chi connectivity index (χ3n) is 5.59. The van der Waals surface area contributed by atoms with Gasteiger partial charge in [0.1, 0.15) is 5.78 Å². The number of carbonyl (C=O) groups is 2. The predicted octanol–water partition coefficient (Wildman–Crippen LogP) is 6.06. The van der Waals surface area contributed by atoms with E-state index < -0.39 is 0 Å². The van der Waals surface area contributed by atoms with Gasteiger partial charge in [0.25, 0.3) is 0 Å². The quantitative estimate of drug-likeness (QED) is 0.211. The SMILES string of the molecule is CCCCCC(Cl)CC[C@H]1CCC(=O)[C@@H]1CCCCCCC(=O)OC. The smallest absolute Gasteiger partial charge is 0.305 e. The van der Waals surface area contributed by atoms with Crippen LogP contribution in [-0.2, 0) is 14.3 Å². The van der Waals surface area contributed by atoms with Gasteiger partial charge in [0, 0.05) is 24.1 Å². The molecule has 0 aliphatic heterocycles. The molecule has 3 nitrogen and oxygen atoms in total. The van der Waals surface area contributed by atoms with Crippen LogP contribution in [0.4, 0.5) is 0 Å². The average molecular weight is 373 g/mol. The van der Waals surface area contributed by atoms with Crippen molar-refractivity contribution in [1.82, 2.24) is 0 Å². The third-order valence-corrected chi connectivity index (χ3v) is 6.03. The van der Waals surface area contributed by atoms with Crippen molar-refractivity contribution in [3.63, 3.8) is 0 Å². The summed E-state index contributed by atoms with van der Waals surface area (Å²) in [6.45, 7) is 2.22. The lowest BCUT2D eigenvalue weighted by Crippen LogP contribution is -2.16. The summed E-state index contributed by atoms with van der Waals surface area (Å²) in [6.07, 6.45) is 14.5. The van der Waals surface area contributed by atoms with E-state index in [4.69, 9.17) is 11.6 Å². The number of halogens is 1. The first-order chi connectivity index (χ1) is 12.1. The fraction of sp³-hybridized carbons (Fsp3) is 0.905. The Kier molecular flexibility index (Phi) is 12.2. The van der Waals surface area contributed by atoms with Crippen molar-refractivity contribution in [2.24, 2.45) is 11.8 Å². The van der Waals surface area contributed by atoms with Gasteiger partial charge in [-0.2, -0.15) is 0 Å². The van der Waals surface area contributed by atoms with E-state index in [-0.39, 0.29) is 17.3 Å². The van der Waals surface area contributed by atoms with Gasteiger partial charge in [0.15, 0.2) is 0 Å². The van der Waals surface area contributed by atoms with Gasteiger partial charge in [0.05, 0.1) is 7.11 Å². The summed E-state index contributed by atoms with van der Waals surface area (Å²) < 4.78 is 4.65. The molecule has 1 saturated carbocycles.